The molecule has 0 spiro atoms. The highest BCUT2D eigenvalue weighted by atomic mass is 32.2. The Morgan fingerprint density at radius 2 is 1.95 bits per heavy atom. The Morgan fingerprint density at radius 3 is 2.67 bits per heavy atom. The first kappa shape index (κ1) is 13.9. The normalized spacial score (nSPS) is 18.3. The zero-order chi connectivity index (χ0) is 15.0. The van der Waals surface area contributed by atoms with Gasteiger partial charge < -0.3 is 4.98 Å². The van der Waals surface area contributed by atoms with Crippen LogP contribution in [-0.4, -0.2) is 19.9 Å². The van der Waals surface area contributed by atoms with E-state index >= 15 is 0 Å². The molecule has 0 radical (unpaired) electrons. The zero-order valence-electron chi connectivity index (χ0n) is 11.6. The second kappa shape index (κ2) is 5.04. The van der Waals surface area contributed by atoms with E-state index in [1.807, 2.05) is 31.2 Å². The van der Waals surface area contributed by atoms with Crippen LogP contribution in [0.25, 0.3) is 0 Å². The summed E-state index contributed by atoms with van der Waals surface area (Å²) in [5.74, 6) is 0.248. The quantitative estimate of drug-likeness (QED) is 0.919. The first-order chi connectivity index (χ1) is 9.98. The van der Waals surface area contributed by atoms with Crippen LogP contribution in [0.15, 0.2) is 52.3 Å². The highest BCUT2D eigenvalue weighted by Gasteiger charge is 2.31. The van der Waals surface area contributed by atoms with Crippen molar-refractivity contribution in [1.82, 2.24) is 4.98 Å². The van der Waals surface area contributed by atoms with Gasteiger partial charge in [-0.3, -0.25) is 9.10 Å². The molecule has 21 heavy (non-hydrogen) atoms. The summed E-state index contributed by atoms with van der Waals surface area (Å²) in [6, 6.07) is 10.1. The van der Waals surface area contributed by atoms with Crippen molar-refractivity contribution in [3.63, 3.8) is 0 Å². The molecule has 1 unspecified atom stereocenters. The molecule has 5 nitrogen and oxygen atoms in total. The highest BCUT2D eigenvalue weighted by molar-refractivity contribution is 7.92. The highest BCUT2D eigenvalue weighted by Crippen LogP contribution is 2.33. The number of sulfonamides is 1. The minimum atomic E-state index is -3.66. The third kappa shape index (κ3) is 2.47. The van der Waals surface area contributed by atoms with Crippen LogP contribution >= 0.6 is 0 Å². The number of rotatable bonds is 2. The number of aromatic nitrogens is 1. The van der Waals surface area contributed by atoms with E-state index in [0.717, 1.165) is 17.7 Å². The van der Waals surface area contributed by atoms with E-state index in [-0.39, 0.29) is 16.4 Å². The number of hydrogen-bond donors (Lipinski definition) is 1. The van der Waals surface area contributed by atoms with Crippen LogP contribution in [-0.2, 0) is 16.4 Å². The summed E-state index contributed by atoms with van der Waals surface area (Å²) in [7, 11) is -3.66. The van der Waals surface area contributed by atoms with Crippen LogP contribution in [0.1, 0.15) is 12.5 Å². The Labute approximate surface area is 123 Å². The van der Waals surface area contributed by atoms with Gasteiger partial charge in [0.1, 0.15) is 4.90 Å². The van der Waals surface area contributed by atoms with Crippen molar-refractivity contribution in [2.45, 2.75) is 18.2 Å². The molecule has 1 aromatic carbocycles. The lowest BCUT2D eigenvalue weighted by Crippen LogP contribution is -2.39. The lowest BCUT2D eigenvalue weighted by molar-refractivity contribution is 0.544. The molecule has 0 fully saturated rings. The van der Waals surface area contributed by atoms with Gasteiger partial charge in [-0.05, 0) is 30.0 Å². The van der Waals surface area contributed by atoms with Gasteiger partial charge in [0, 0.05) is 18.8 Å². The second-order valence-electron chi connectivity index (χ2n) is 5.36. The number of hydrogen-bond acceptors (Lipinski definition) is 3. The number of aromatic amines is 1. The monoisotopic (exact) mass is 304 g/mol. The minimum absolute atomic E-state index is 0.103. The number of fused-ring (bicyclic) bond motifs is 1. The third-order valence-corrected chi connectivity index (χ3v) is 5.43. The fourth-order valence-electron chi connectivity index (χ4n) is 2.66. The molecule has 0 bridgehead atoms. The summed E-state index contributed by atoms with van der Waals surface area (Å²) in [5, 5.41) is 0. The molecular formula is C15H16N2O3S. The van der Waals surface area contributed by atoms with Gasteiger partial charge in [-0.25, -0.2) is 8.42 Å². The molecule has 1 aliphatic rings. The summed E-state index contributed by atoms with van der Waals surface area (Å²) in [5.41, 5.74) is 1.44. The number of H-pyrrole nitrogens is 1. The lowest BCUT2D eigenvalue weighted by atomic mass is 9.96. The van der Waals surface area contributed by atoms with Gasteiger partial charge in [0.25, 0.3) is 10.0 Å². The SMILES string of the molecule is CC1Cc2ccccc2N(S(=O)(=O)c2ccc(=O)[nH]c2)C1. The Balaban J connectivity index is 2.11. The average Bonchev–Trinajstić information content (AvgIpc) is 2.46. The Hall–Kier alpha value is -2.08. The molecular weight excluding hydrogens is 288 g/mol. The van der Waals surface area contributed by atoms with Crippen LogP contribution in [0.4, 0.5) is 5.69 Å². The summed E-state index contributed by atoms with van der Waals surface area (Å²) < 4.78 is 27.1. The first-order valence-corrected chi connectivity index (χ1v) is 8.22. The standard InChI is InChI=1S/C15H16N2O3S/c1-11-8-12-4-2-3-5-14(12)17(10-11)21(19,20)13-6-7-15(18)16-9-13/h2-7,9,11H,8,10H2,1H3,(H,16,18). The lowest BCUT2D eigenvalue weighted by Gasteiger charge is -2.33. The van der Waals surface area contributed by atoms with Gasteiger partial charge >= 0.3 is 0 Å². The maximum atomic E-state index is 12.8. The number of para-hydroxylation sites is 1. The van der Waals surface area contributed by atoms with Gasteiger partial charge in [-0.2, -0.15) is 0 Å². The van der Waals surface area contributed by atoms with E-state index < -0.39 is 10.0 Å². The molecule has 2 aromatic rings. The second-order valence-corrected chi connectivity index (χ2v) is 7.23. The molecule has 2 heterocycles. The van der Waals surface area contributed by atoms with Crippen molar-refractivity contribution >= 4 is 15.7 Å². The Morgan fingerprint density at radius 1 is 1.19 bits per heavy atom. The predicted molar refractivity (Wildman–Crippen MR) is 80.9 cm³/mol. The first-order valence-electron chi connectivity index (χ1n) is 6.78. The molecule has 1 atom stereocenters. The van der Waals surface area contributed by atoms with Crippen molar-refractivity contribution in [3.05, 3.63) is 58.5 Å². The number of benzene rings is 1. The number of anilines is 1. The van der Waals surface area contributed by atoms with Crippen LogP contribution in [0.2, 0.25) is 0 Å². The van der Waals surface area contributed by atoms with E-state index in [2.05, 4.69) is 4.98 Å². The molecule has 0 aliphatic carbocycles. The zero-order valence-corrected chi connectivity index (χ0v) is 12.4. The number of nitrogens with zero attached hydrogens (tertiary/aromatic N) is 1. The van der Waals surface area contributed by atoms with E-state index in [0.29, 0.717) is 6.54 Å². The number of pyridine rings is 1. The van der Waals surface area contributed by atoms with Gasteiger partial charge in [0.15, 0.2) is 0 Å². The molecule has 1 aliphatic heterocycles. The molecule has 1 N–H and O–H groups in total. The van der Waals surface area contributed by atoms with Crippen molar-refractivity contribution in [3.8, 4) is 0 Å². The fourth-order valence-corrected chi connectivity index (χ4v) is 4.25. The average molecular weight is 304 g/mol. The van der Waals surface area contributed by atoms with Crippen LogP contribution < -0.4 is 9.86 Å². The van der Waals surface area contributed by atoms with E-state index in [1.54, 1.807) is 0 Å². The maximum Gasteiger partial charge on any atom is 0.265 e. The fraction of sp³-hybridized carbons (Fsp3) is 0.267. The van der Waals surface area contributed by atoms with Crippen molar-refractivity contribution in [2.75, 3.05) is 10.8 Å². The van der Waals surface area contributed by atoms with E-state index in [9.17, 15) is 13.2 Å². The Kier molecular flexibility index (Phi) is 3.33. The summed E-state index contributed by atoms with van der Waals surface area (Å²) >= 11 is 0. The molecule has 0 saturated carbocycles. The largest absolute Gasteiger partial charge is 0.328 e. The van der Waals surface area contributed by atoms with Gasteiger partial charge in [-0.1, -0.05) is 25.1 Å². The van der Waals surface area contributed by atoms with Crippen molar-refractivity contribution < 1.29 is 8.42 Å². The summed E-state index contributed by atoms with van der Waals surface area (Å²) in [4.78, 5) is 13.6. The molecule has 1 aromatic heterocycles. The van der Waals surface area contributed by atoms with E-state index in [4.69, 9.17) is 0 Å². The summed E-state index contributed by atoms with van der Waals surface area (Å²) in [6.07, 6.45) is 2.12. The minimum Gasteiger partial charge on any atom is -0.328 e. The van der Waals surface area contributed by atoms with Gasteiger partial charge in [0.05, 0.1) is 5.69 Å². The van der Waals surface area contributed by atoms with Crippen molar-refractivity contribution in [2.24, 2.45) is 5.92 Å². The van der Waals surface area contributed by atoms with Crippen LogP contribution in [0.5, 0.6) is 0 Å². The molecule has 110 valence electrons. The molecule has 6 heteroatoms. The number of nitrogens with one attached hydrogen (secondary N) is 1. The molecule has 0 amide bonds. The summed E-state index contributed by atoms with van der Waals surface area (Å²) in [6.45, 7) is 2.48. The van der Waals surface area contributed by atoms with Gasteiger partial charge in [-0.15, -0.1) is 0 Å². The molecule has 3 rings (SSSR count). The smallest absolute Gasteiger partial charge is 0.265 e. The van der Waals surface area contributed by atoms with E-state index in [1.165, 1.54) is 22.6 Å². The predicted octanol–water partition coefficient (Wildman–Crippen LogP) is 1.76. The maximum absolute atomic E-state index is 12.8. The third-order valence-electron chi connectivity index (χ3n) is 3.65. The van der Waals surface area contributed by atoms with Crippen LogP contribution in [0.3, 0.4) is 0 Å². The Bertz CT molecular complexity index is 806. The van der Waals surface area contributed by atoms with Gasteiger partial charge in [0.2, 0.25) is 5.56 Å². The van der Waals surface area contributed by atoms with Crippen LogP contribution in [0, 0.1) is 5.92 Å². The van der Waals surface area contributed by atoms with Crippen molar-refractivity contribution in [1.29, 1.82) is 0 Å². The molecule has 0 saturated heterocycles. The topological polar surface area (TPSA) is 70.2 Å².